The van der Waals surface area contributed by atoms with Gasteiger partial charge in [0.25, 0.3) is 0 Å². The second kappa shape index (κ2) is 5.72. The summed E-state index contributed by atoms with van der Waals surface area (Å²) in [7, 11) is -1.30. The van der Waals surface area contributed by atoms with E-state index in [-0.39, 0.29) is 0 Å². The van der Waals surface area contributed by atoms with Crippen LogP contribution in [0.25, 0.3) is 0 Å². The Morgan fingerprint density at radius 1 is 1.30 bits per heavy atom. The third-order valence-electron chi connectivity index (χ3n) is 2.94. The van der Waals surface area contributed by atoms with E-state index < -0.39 is 16.1 Å². The lowest BCUT2D eigenvalue weighted by Gasteiger charge is -2.21. The summed E-state index contributed by atoms with van der Waals surface area (Å²) in [5.41, 5.74) is 1.25. The zero-order valence-electron chi connectivity index (χ0n) is 11.5. The summed E-state index contributed by atoms with van der Waals surface area (Å²) in [5, 5.41) is 10.2. The minimum Gasteiger partial charge on any atom is -0.387 e. The number of anilines is 1. The van der Waals surface area contributed by atoms with Crippen molar-refractivity contribution in [3.63, 3.8) is 0 Å². The molecular weight excluding hydrogens is 278 g/mol. The highest BCUT2D eigenvalue weighted by Crippen LogP contribution is 2.19. The molecule has 0 aromatic heterocycles. The maximum absolute atomic E-state index is 11.1. The highest BCUT2D eigenvalue weighted by Gasteiger charge is 2.15. The van der Waals surface area contributed by atoms with E-state index in [4.69, 9.17) is 0 Å². The van der Waals surface area contributed by atoms with Crippen LogP contribution < -0.4 is 4.72 Å². The molecule has 0 bridgehead atoms. The van der Waals surface area contributed by atoms with Gasteiger partial charge in [0.05, 0.1) is 19.0 Å². The van der Waals surface area contributed by atoms with Crippen molar-refractivity contribution in [1.29, 1.82) is 0 Å². The smallest absolute Gasteiger partial charge is 0.229 e. The molecule has 0 fully saturated rings. The number of aliphatic hydroxyl groups excluding tert-OH is 1. The van der Waals surface area contributed by atoms with Crippen LogP contribution in [0.15, 0.2) is 36.7 Å². The summed E-state index contributed by atoms with van der Waals surface area (Å²) >= 11 is 0. The molecule has 1 heterocycles. The highest BCUT2D eigenvalue weighted by molar-refractivity contribution is 7.92. The summed E-state index contributed by atoms with van der Waals surface area (Å²) in [4.78, 5) is 4.03. The third kappa shape index (κ3) is 4.14. The van der Waals surface area contributed by atoms with E-state index in [0.717, 1.165) is 18.5 Å². The van der Waals surface area contributed by atoms with Crippen molar-refractivity contribution >= 4 is 15.7 Å². The molecule has 0 saturated heterocycles. The summed E-state index contributed by atoms with van der Waals surface area (Å²) in [6, 6.07) is 6.74. The number of nitrogens with one attached hydrogen (secondary N) is 1. The lowest BCUT2D eigenvalue weighted by molar-refractivity contribution is 0.128. The maximum Gasteiger partial charge on any atom is 0.229 e. The SMILES string of the molecule is CN1C=CN(CC(O)c2ccc(NS(C)(=O)=O)cc2)C1. The van der Waals surface area contributed by atoms with Crippen molar-refractivity contribution in [2.75, 3.05) is 31.2 Å². The first-order chi connectivity index (χ1) is 9.33. The number of sulfonamides is 1. The third-order valence-corrected chi connectivity index (χ3v) is 3.55. The van der Waals surface area contributed by atoms with Crippen molar-refractivity contribution in [2.45, 2.75) is 6.10 Å². The molecule has 1 aliphatic rings. The van der Waals surface area contributed by atoms with E-state index >= 15 is 0 Å². The van der Waals surface area contributed by atoms with Crippen molar-refractivity contribution in [3.05, 3.63) is 42.2 Å². The van der Waals surface area contributed by atoms with Crippen LogP contribution >= 0.6 is 0 Å². The van der Waals surface area contributed by atoms with Gasteiger partial charge >= 0.3 is 0 Å². The number of rotatable bonds is 5. The van der Waals surface area contributed by atoms with Crippen LogP contribution in [0.3, 0.4) is 0 Å². The predicted molar refractivity (Wildman–Crippen MR) is 78.3 cm³/mol. The molecule has 6 nitrogen and oxygen atoms in total. The quantitative estimate of drug-likeness (QED) is 0.840. The van der Waals surface area contributed by atoms with Crippen molar-refractivity contribution in [2.24, 2.45) is 0 Å². The minimum atomic E-state index is -3.27. The van der Waals surface area contributed by atoms with E-state index in [0.29, 0.717) is 12.2 Å². The van der Waals surface area contributed by atoms with Crippen molar-refractivity contribution in [3.8, 4) is 0 Å². The molecular formula is C13H19N3O3S. The summed E-state index contributed by atoms with van der Waals surface area (Å²) < 4.78 is 24.6. The number of hydrogen-bond donors (Lipinski definition) is 2. The van der Waals surface area contributed by atoms with E-state index in [1.54, 1.807) is 24.3 Å². The molecule has 2 N–H and O–H groups in total. The second-order valence-corrected chi connectivity index (χ2v) is 6.73. The van der Waals surface area contributed by atoms with Gasteiger partial charge in [0.1, 0.15) is 0 Å². The molecule has 0 amide bonds. The summed E-state index contributed by atoms with van der Waals surface area (Å²) in [6.45, 7) is 1.25. The summed E-state index contributed by atoms with van der Waals surface area (Å²) in [5.74, 6) is 0. The van der Waals surface area contributed by atoms with Gasteiger partial charge < -0.3 is 14.9 Å². The van der Waals surface area contributed by atoms with Crippen LogP contribution in [0.1, 0.15) is 11.7 Å². The van der Waals surface area contributed by atoms with Gasteiger partial charge in [-0.25, -0.2) is 8.42 Å². The molecule has 0 spiro atoms. The second-order valence-electron chi connectivity index (χ2n) is 4.98. The molecule has 7 heteroatoms. The summed E-state index contributed by atoms with van der Waals surface area (Å²) in [6.07, 6.45) is 4.37. The Kier molecular flexibility index (Phi) is 4.20. The van der Waals surface area contributed by atoms with Gasteiger partial charge in [-0.3, -0.25) is 4.72 Å². The number of nitrogens with zero attached hydrogens (tertiary/aromatic N) is 2. The van der Waals surface area contributed by atoms with Crippen LogP contribution in [0, 0.1) is 0 Å². The highest BCUT2D eigenvalue weighted by atomic mass is 32.2. The molecule has 1 unspecified atom stereocenters. The maximum atomic E-state index is 11.1. The lowest BCUT2D eigenvalue weighted by Crippen LogP contribution is -2.26. The molecule has 1 aliphatic heterocycles. The fourth-order valence-corrected chi connectivity index (χ4v) is 2.59. The Hall–Kier alpha value is -1.73. The standard InChI is InChI=1S/C13H19N3O3S/c1-15-7-8-16(10-15)9-13(17)11-3-5-12(6-4-11)14-20(2,18)19/h3-8,13-14,17H,9-10H2,1-2H3. The Bertz CT molecular complexity index is 583. The monoisotopic (exact) mass is 297 g/mol. The Morgan fingerprint density at radius 3 is 2.45 bits per heavy atom. The molecule has 0 aliphatic carbocycles. The lowest BCUT2D eigenvalue weighted by atomic mass is 10.1. The van der Waals surface area contributed by atoms with E-state index in [2.05, 4.69) is 4.72 Å². The minimum absolute atomic E-state index is 0.490. The first kappa shape index (κ1) is 14.7. The normalized spacial score (nSPS) is 16.6. The molecule has 1 aromatic rings. The fourth-order valence-electron chi connectivity index (χ4n) is 2.02. The van der Waals surface area contributed by atoms with E-state index in [1.807, 2.05) is 29.2 Å². The van der Waals surface area contributed by atoms with Crippen LogP contribution in [-0.2, 0) is 10.0 Å². The van der Waals surface area contributed by atoms with Gasteiger partial charge in [0, 0.05) is 31.7 Å². The van der Waals surface area contributed by atoms with E-state index in [9.17, 15) is 13.5 Å². The molecule has 110 valence electrons. The van der Waals surface area contributed by atoms with Gasteiger partial charge in [0.15, 0.2) is 0 Å². The van der Waals surface area contributed by atoms with Crippen LogP contribution in [0.5, 0.6) is 0 Å². The molecule has 1 aromatic carbocycles. The Balaban J connectivity index is 1.97. The Morgan fingerprint density at radius 2 is 1.95 bits per heavy atom. The van der Waals surface area contributed by atoms with Crippen LogP contribution in [0.2, 0.25) is 0 Å². The molecule has 20 heavy (non-hydrogen) atoms. The van der Waals surface area contributed by atoms with Crippen molar-refractivity contribution in [1.82, 2.24) is 9.80 Å². The average Bonchev–Trinajstić information content (AvgIpc) is 2.73. The van der Waals surface area contributed by atoms with Gasteiger partial charge in [-0.05, 0) is 17.7 Å². The first-order valence-electron chi connectivity index (χ1n) is 6.22. The van der Waals surface area contributed by atoms with Gasteiger partial charge in [-0.15, -0.1) is 0 Å². The zero-order valence-corrected chi connectivity index (χ0v) is 12.3. The number of hydrogen-bond acceptors (Lipinski definition) is 5. The molecule has 2 rings (SSSR count). The van der Waals surface area contributed by atoms with Gasteiger partial charge in [-0.1, -0.05) is 12.1 Å². The number of benzene rings is 1. The van der Waals surface area contributed by atoms with Crippen LogP contribution in [0.4, 0.5) is 5.69 Å². The largest absolute Gasteiger partial charge is 0.387 e. The predicted octanol–water partition coefficient (Wildman–Crippen LogP) is 0.768. The molecule has 1 atom stereocenters. The Labute approximate surface area is 119 Å². The van der Waals surface area contributed by atoms with Crippen LogP contribution in [-0.4, -0.2) is 49.8 Å². The van der Waals surface area contributed by atoms with E-state index in [1.165, 1.54) is 0 Å². The number of aliphatic hydroxyl groups is 1. The topological polar surface area (TPSA) is 72.9 Å². The first-order valence-corrected chi connectivity index (χ1v) is 8.11. The van der Waals surface area contributed by atoms with Crippen molar-refractivity contribution < 1.29 is 13.5 Å². The fraction of sp³-hybridized carbons (Fsp3) is 0.385. The average molecular weight is 297 g/mol. The number of β-amino-alcohol motifs (C(OH)–C–C–N with tert-alkyl or cyclic N) is 1. The van der Waals surface area contributed by atoms with Gasteiger partial charge in [-0.2, -0.15) is 0 Å². The zero-order chi connectivity index (χ0) is 14.8. The van der Waals surface area contributed by atoms with Gasteiger partial charge in [0.2, 0.25) is 10.0 Å². The molecule has 0 saturated carbocycles. The molecule has 0 radical (unpaired) electrons.